The summed E-state index contributed by atoms with van der Waals surface area (Å²) in [6, 6.07) is 0. The van der Waals surface area contributed by atoms with Gasteiger partial charge in [0, 0.05) is 0 Å². The Labute approximate surface area is 150 Å². The number of nitro groups is 1. The first-order valence-electron chi connectivity index (χ1n) is 7.77. The summed E-state index contributed by atoms with van der Waals surface area (Å²) in [7, 11) is 0. The van der Waals surface area contributed by atoms with Crippen LogP contribution in [0.15, 0.2) is 6.33 Å². The number of nitrogen functional groups attached to an aromatic ring is 1. The molecule has 3 heterocycles. The summed E-state index contributed by atoms with van der Waals surface area (Å²) in [5.41, 5.74) is 5.52. The molecule has 1 aliphatic heterocycles. The van der Waals surface area contributed by atoms with Crippen molar-refractivity contribution in [1.29, 1.82) is 0 Å². The Morgan fingerprint density at radius 3 is 2.81 bits per heavy atom. The van der Waals surface area contributed by atoms with Crippen molar-refractivity contribution in [3.63, 3.8) is 0 Å². The summed E-state index contributed by atoms with van der Waals surface area (Å²) in [4.78, 5) is 32.9. The number of carbonyl (C=O) groups excluding carboxylic acids is 1. The van der Waals surface area contributed by atoms with Gasteiger partial charge in [0.25, 0.3) is 0 Å². The Balaban J connectivity index is 1.97. The van der Waals surface area contributed by atoms with Crippen LogP contribution in [-0.4, -0.2) is 76.8 Å². The highest BCUT2D eigenvalue weighted by Crippen LogP contribution is 2.34. The van der Waals surface area contributed by atoms with E-state index in [1.165, 1.54) is 6.92 Å². The molecule has 1 fully saturated rings. The van der Waals surface area contributed by atoms with E-state index in [-0.39, 0.29) is 23.6 Å². The van der Waals surface area contributed by atoms with Crippen molar-refractivity contribution >= 4 is 28.9 Å². The molecule has 0 aromatic carbocycles. The Kier molecular flexibility index (Phi) is 4.88. The van der Waals surface area contributed by atoms with Gasteiger partial charge in [-0.2, -0.15) is 0 Å². The molecule has 0 radical (unpaired) electrons. The SMILES string of the molecule is CCOC(=O)C(O)[C@H]1O[C@@H](n2cnc3c(N)nc([N+](=O)[O-])nc32)C(O)C1O. The number of fused-ring (bicyclic) bond motifs is 1. The van der Waals surface area contributed by atoms with Gasteiger partial charge < -0.3 is 40.6 Å². The molecule has 27 heavy (non-hydrogen) atoms. The minimum absolute atomic E-state index is 0.00326. The van der Waals surface area contributed by atoms with E-state index in [1.807, 2.05) is 0 Å². The van der Waals surface area contributed by atoms with E-state index in [0.29, 0.717) is 0 Å². The van der Waals surface area contributed by atoms with Crippen LogP contribution in [0.1, 0.15) is 13.2 Å². The standard InChI is InChI=1S/C13H16N6O8/c1-2-26-12(23)7(22)8-5(20)6(21)11(27-8)18-3-15-4-9(14)16-13(19(24)25)17-10(4)18/h3,5-8,11,20-22H,2H2,1H3,(H2,14,16,17)/t5?,6?,7?,8-,11+/m0/s1. The lowest BCUT2D eigenvalue weighted by Crippen LogP contribution is -2.43. The molecule has 0 aliphatic carbocycles. The number of hydrogen-bond donors (Lipinski definition) is 4. The number of rotatable bonds is 5. The molecule has 0 saturated carbocycles. The summed E-state index contributed by atoms with van der Waals surface area (Å²) in [6.07, 6.45) is -6.85. The molecule has 5 N–H and O–H groups in total. The molecule has 14 nitrogen and oxygen atoms in total. The Morgan fingerprint density at radius 1 is 1.48 bits per heavy atom. The second kappa shape index (κ2) is 6.99. The number of imidazole rings is 1. The van der Waals surface area contributed by atoms with Crippen LogP contribution >= 0.6 is 0 Å². The van der Waals surface area contributed by atoms with Gasteiger partial charge in [-0.1, -0.05) is 0 Å². The number of anilines is 1. The molecule has 0 bridgehead atoms. The average Bonchev–Trinajstić information content (AvgIpc) is 3.17. The average molecular weight is 384 g/mol. The third-order valence-corrected chi connectivity index (χ3v) is 3.99. The number of ether oxygens (including phenoxy) is 2. The second-order valence-corrected chi connectivity index (χ2v) is 5.66. The van der Waals surface area contributed by atoms with Crippen LogP contribution in [0, 0.1) is 10.1 Å². The van der Waals surface area contributed by atoms with Gasteiger partial charge in [-0.05, 0) is 21.8 Å². The van der Waals surface area contributed by atoms with Gasteiger partial charge in [-0.15, -0.1) is 0 Å². The van der Waals surface area contributed by atoms with Gasteiger partial charge in [0.05, 0.1) is 6.61 Å². The minimum atomic E-state index is -1.86. The van der Waals surface area contributed by atoms with Crippen LogP contribution in [0.3, 0.4) is 0 Å². The zero-order valence-corrected chi connectivity index (χ0v) is 13.9. The van der Waals surface area contributed by atoms with Gasteiger partial charge in [0.2, 0.25) is 11.5 Å². The van der Waals surface area contributed by atoms with E-state index in [1.54, 1.807) is 0 Å². The fourth-order valence-electron chi connectivity index (χ4n) is 2.73. The number of aliphatic hydroxyl groups is 3. The predicted octanol–water partition coefficient (Wildman–Crippen LogP) is -2.14. The topological polar surface area (TPSA) is 209 Å². The second-order valence-electron chi connectivity index (χ2n) is 5.66. The molecule has 2 aromatic heterocycles. The van der Waals surface area contributed by atoms with Crippen LogP contribution < -0.4 is 5.73 Å². The van der Waals surface area contributed by atoms with Gasteiger partial charge in [-0.25, -0.2) is 9.78 Å². The van der Waals surface area contributed by atoms with Crippen LogP contribution in [0.5, 0.6) is 0 Å². The van der Waals surface area contributed by atoms with E-state index < -0.39 is 47.5 Å². The van der Waals surface area contributed by atoms with Crippen molar-refractivity contribution in [3.05, 3.63) is 16.4 Å². The Hall–Kier alpha value is -2.94. The molecule has 5 atom stereocenters. The maximum atomic E-state index is 11.7. The Bertz CT molecular complexity index is 887. The molecular weight excluding hydrogens is 368 g/mol. The number of aromatic nitrogens is 4. The monoisotopic (exact) mass is 384 g/mol. The molecule has 3 rings (SSSR count). The van der Waals surface area contributed by atoms with E-state index in [9.17, 15) is 30.2 Å². The van der Waals surface area contributed by atoms with Crippen molar-refractivity contribution in [1.82, 2.24) is 19.5 Å². The number of hydrogen-bond acceptors (Lipinski definition) is 12. The summed E-state index contributed by atoms with van der Waals surface area (Å²) in [6.45, 7) is 1.53. The van der Waals surface area contributed by atoms with E-state index in [2.05, 4.69) is 19.7 Å². The number of carbonyl (C=O) groups is 1. The normalized spacial score (nSPS) is 26.2. The lowest BCUT2D eigenvalue weighted by Gasteiger charge is -2.19. The summed E-state index contributed by atoms with van der Waals surface area (Å²) in [5, 5.41) is 41.3. The largest absolute Gasteiger partial charge is 0.473 e. The maximum Gasteiger partial charge on any atom is 0.473 e. The van der Waals surface area contributed by atoms with Crippen molar-refractivity contribution < 1.29 is 34.5 Å². The van der Waals surface area contributed by atoms with Gasteiger partial charge >= 0.3 is 11.9 Å². The molecule has 0 amide bonds. The third kappa shape index (κ3) is 3.14. The molecular formula is C13H16N6O8. The van der Waals surface area contributed by atoms with Crippen molar-refractivity contribution in [2.75, 3.05) is 12.3 Å². The molecule has 3 unspecified atom stereocenters. The zero-order chi connectivity index (χ0) is 19.9. The lowest BCUT2D eigenvalue weighted by molar-refractivity contribution is -0.394. The molecule has 146 valence electrons. The van der Waals surface area contributed by atoms with Crippen molar-refractivity contribution in [2.24, 2.45) is 0 Å². The smallest absolute Gasteiger partial charge is 0.464 e. The first-order chi connectivity index (χ1) is 12.8. The van der Waals surface area contributed by atoms with E-state index in [0.717, 1.165) is 10.9 Å². The van der Waals surface area contributed by atoms with Gasteiger partial charge in [0.1, 0.15) is 24.6 Å². The zero-order valence-electron chi connectivity index (χ0n) is 13.9. The molecule has 14 heteroatoms. The number of nitrogens with two attached hydrogens (primary N) is 1. The molecule has 0 spiro atoms. The first-order valence-corrected chi connectivity index (χ1v) is 7.77. The van der Waals surface area contributed by atoms with Crippen LogP contribution in [0.2, 0.25) is 0 Å². The first kappa shape index (κ1) is 18.8. The molecule has 1 aliphatic rings. The quantitative estimate of drug-likeness (QED) is 0.247. The van der Waals surface area contributed by atoms with Crippen molar-refractivity contribution in [2.45, 2.75) is 37.6 Å². The summed E-state index contributed by atoms with van der Waals surface area (Å²) >= 11 is 0. The fraction of sp³-hybridized carbons (Fsp3) is 0.538. The molecule has 2 aromatic rings. The van der Waals surface area contributed by atoms with E-state index >= 15 is 0 Å². The maximum absolute atomic E-state index is 11.7. The summed E-state index contributed by atoms with van der Waals surface area (Å²) in [5.74, 6) is -2.09. The van der Waals surface area contributed by atoms with Gasteiger partial charge in [-0.3, -0.25) is 4.57 Å². The van der Waals surface area contributed by atoms with Crippen LogP contribution in [0.4, 0.5) is 11.8 Å². The number of nitrogens with zero attached hydrogens (tertiary/aromatic N) is 5. The van der Waals surface area contributed by atoms with Crippen molar-refractivity contribution in [3.8, 4) is 0 Å². The van der Waals surface area contributed by atoms with Gasteiger partial charge in [0.15, 0.2) is 17.8 Å². The third-order valence-electron chi connectivity index (χ3n) is 3.99. The fourth-order valence-corrected chi connectivity index (χ4v) is 2.73. The van der Waals surface area contributed by atoms with Crippen LogP contribution in [0.25, 0.3) is 11.2 Å². The number of aliphatic hydroxyl groups excluding tert-OH is 3. The molecule has 1 saturated heterocycles. The summed E-state index contributed by atoms with van der Waals surface area (Å²) < 4.78 is 11.2. The highest BCUT2D eigenvalue weighted by Gasteiger charge is 2.50. The number of esters is 1. The lowest BCUT2D eigenvalue weighted by atomic mass is 10.1. The highest BCUT2D eigenvalue weighted by atomic mass is 16.6. The van der Waals surface area contributed by atoms with Crippen LogP contribution in [-0.2, 0) is 14.3 Å². The highest BCUT2D eigenvalue weighted by molar-refractivity contribution is 5.82. The Morgan fingerprint density at radius 2 is 2.19 bits per heavy atom. The minimum Gasteiger partial charge on any atom is -0.464 e. The van der Waals surface area contributed by atoms with E-state index in [4.69, 9.17) is 10.5 Å². The predicted molar refractivity (Wildman–Crippen MR) is 85.0 cm³/mol.